The first-order valence-corrected chi connectivity index (χ1v) is 6.39. The molecule has 5 nitrogen and oxygen atoms in total. The lowest BCUT2D eigenvalue weighted by molar-refractivity contribution is 0.0790. The number of aryl methyl sites for hydroxylation is 2. The van der Waals surface area contributed by atoms with Gasteiger partial charge in [0.2, 0.25) is 0 Å². The van der Waals surface area contributed by atoms with E-state index >= 15 is 0 Å². The van der Waals surface area contributed by atoms with E-state index in [0.717, 1.165) is 17.0 Å². The van der Waals surface area contributed by atoms with Crippen molar-refractivity contribution in [3.05, 3.63) is 33.3 Å². The van der Waals surface area contributed by atoms with Crippen molar-refractivity contribution in [3.8, 4) is 0 Å². The van der Waals surface area contributed by atoms with Crippen molar-refractivity contribution in [3.63, 3.8) is 0 Å². The van der Waals surface area contributed by atoms with Gasteiger partial charge in [-0.25, -0.2) is 0 Å². The van der Waals surface area contributed by atoms with Crippen molar-refractivity contribution in [2.45, 2.75) is 20.4 Å². The summed E-state index contributed by atoms with van der Waals surface area (Å²) in [5.74, 6) is 0.661. The molecule has 0 aromatic carbocycles. The predicted octanol–water partition coefficient (Wildman–Crippen LogP) is 2.21. The number of carbonyl (C=O) groups is 1. The van der Waals surface area contributed by atoms with Gasteiger partial charge in [0.25, 0.3) is 5.91 Å². The quantitative estimate of drug-likeness (QED) is 0.923. The molecule has 18 heavy (non-hydrogen) atoms. The van der Waals surface area contributed by atoms with Gasteiger partial charge in [0.15, 0.2) is 0 Å². The average molecular weight is 265 g/mol. The molecule has 0 aliphatic carbocycles. The second-order valence-corrected chi connectivity index (χ2v) is 5.09. The summed E-state index contributed by atoms with van der Waals surface area (Å²) in [5.41, 5.74) is 8.02. The molecule has 0 spiro atoms. The highest BCUT2D eigenvalue weighted by Crippen LogP contribution is 2.22. The number of amides is 1. The number of nitrogens with two attached hydrogens (primary N) is 1. The third-order valence-corrected chi connectivity index (χ3v) is 3.73. The van der Waals surface area contributed by atoms with E-state index in [9.17, 15) is 4.79 Å². The molecule has 0 saturated carbocycles. The summed E-state index contributed by atoms with van der Waals surface area (Å²) in [6.07, 6.45) is 0. The van der Waals surface area contributed by atoms with Crippen LogP contribution in [0.25, 0.3) is 0 Å². The maximum absolute atomic E-state index is 12.2. The maximum Gasteiger partial charge on any atom is 0.266 e. The monoisotopic (exact) mass is 265 g/mol. The van der Waals surface area contributed by atoms with Gasteiger partial charge in [-0.1, -0.05) is 5.16 Å². The summed E-state index contributed by atoms with van der Waals surface area (Å²) in [4.78, 5) is 14.4. The molecule has 0 radical (unpaired) electrons. The molecule has 2 aromatic heterocycles. The molecule has 0 aliphatic rings. The largest absolute Gasteiger partial charge is 0.397 e. The number of rotatable bonds is 3. The second kappa shape index (κ2) is 4.81. The summed E-state index contributed by atoms with van der Waals surface area (Å²) in [6, 6.07) is 1.74. The minimum Gasteiger partial charge on any atom is -0.397 e. The number of hydrogen-bond acceptors (Lipinski definition) is 5. The predicted molar refractivity (Wildman–Crippen MR) is 70.5 cm³/mol. The van der Waals surface area contributed by atoms with E-state index in [-0.39, 0.29) is 5.91 Å². The van der Waals surface area contributed by atoms with Gasteiger partial charge in [-0.15, -0.1) is 11.3 Å². The van der Waals surface area contributed by atoms with E-state index < -0.39 is 0 Å². The summed E-state index contributed by atoms with van der Waals surface area (Å²) < 4.78 is 5.08. The third-order valence-electron chi connectivity index (χ3n) is 2.81. The lowest BCUT2D eigenvalue weighted by Gasteiger charge is -2.16. The van der Waals surface area contributed by atoms with E-state index in [2.05, 4.69) is 5.16 Å². The van der Waals surface area contributed by atoms with E-state index in [4.69, 9.17) is 10.3 Å². The van der Waals surface area contributed by atoms with E-state index in [1.54, 1.807) is 18.0 Å². The lowest BCUT2D eigenvalue weighted by Crippen LogP contribution is -2.26. The van der Waals surface area contributed by atoms with Gasteiger partial charge in [-0.05, 0) is 25.3 Å². The first kappa shape index (κ1) is 12.6. The highest BCUT2D eigenvalue weighted by Gasteiger charge is 2.19. The number of anilines is 1. The minimum atomic E-state index is -0.0810. The molecule has 0 unspecified atom stereocenters. The Bertz CT molecular complexity index is 554. The fourth-order valence-corrected chi connectivity index (χ4v) is 2.51. The smallest absolute Gasteiger partial charge is 0.266 e. The number of nitrogen functional groups attached to an aromatic ring is 1. The van der Waals surface area contributed by atoms with Crippen molar-refractivity contribution in [1.29, 1.82) is 0 Å². The van der Waals surface area contributed by atoms with Crippen molar-refractivity contribution >= 4 is 22.9 Å². The van der Waals surface area contributed by atoms with Crippen molar-refractivity contribution in [1.82, 2.24) is 10.1 Å². The topological polar surface area (TPSA) is 72.4 Å². The third kappa shape index (κ3) is 2.24. The molecule has 96 valence electrons. The first-order valence-electron chi connectivity index (χ1n) is 5.51. The van der Waals surface area contributed by atoms with Gasteiger partial charge in [0, 0.05) is 12.6 Å². The van der Waals surface area contributed by atoms with Crippen LogP contribution in [0.4, 0.5) is 5.69 Å². The zero-order chi connectivity index (χ0) is 13.3. The highest BCUT2D eigenvalue weighted by molar-refractivity contribution is 7.12. The number of carbonyl (C=O) groups excluding carboxylic acids is 1. The van der Waals surface area contributed by atoms with Crippen LogP contribution in [0.3, 0.4) is 0 Å². The molecule has 0 bridgehead atoms. The van der Waals surface area contributed by atoms with Gasteiger partial charge >= 0.3 is 0 Å². The van der Waals surface area contributed by atoms with Crippen LogP contribution in [0, 0.1) is 13.8 Å². The van der Waals surface area contributed by atoms with E-state index in [0.29, 0.717) is 17.1 Å². The Hall–Kier alpha value is -1.82. The molecule has 0 atom stereocenters. The molecule has 2 rings (SSSR count). The van der Waals surface area contributed by atoms with Crippen LogP contribution in [0.15, 0.2) is 16.0 Å². The minimum absolute atomic E-state index is 0.0810. The number of nitrogens with zero attached hydrogens (tertiary/aromatic N) is 2. The van der Waals surface area contributed by atoms with E-state index in [1.807, 2.05) is 19.2 Å². The van der Waals surface area contributed by atoms with Crippen LogP contribution in [0.5, 0.6) is 0 Å². The molecule has 2 N–H and O–H groups in total. The lowest BCUT2D eigenvalue weighted by atomic mass is 10.2. The molecular weight excluding hydrogens is 250 g/mol. The standard InChI is InChI=1S/C12H15N3O2S/c1-7-9(8(2)17-14-7)6-15(3)12(16)11-10(13)4-5-18-11/h4-5H,6,13H2,1-3H3. The summed E-state index contributed by atoms with van der Waals surface area (Å²) in [6.45, 7) is 4.17. The average Bonchev–Trinajstić information content (AvgIpc) is 2.88. The zero-order valence-corrected chi connectivity index (χ0v) is 11.4. The van der Waals surface area contributed by atoms with Gasteiger partial charge in [0.05, 0.1) is 17.9 Å². The Labute approximate surface area is 109 Å². The fourth-order valence-electron chi connectivity index (χ4n) is 1.70. The zero-order valence-electron chi connectivity index (χ0n) is 10.6. The SMILES string of the molecule is Cc1noc(C)c1CN(C)C(=O)c1sccc1N. The fraction of sp³-hybridized carbons (Fsp3) is 0.333. The Morgan fingerprint density at radius 3 is 2.78 bits per heavy atom. The maximum atomic E-state index is 12.2. The second-order valence-electron chi connectivity index (χ2n) is 4.17. The Morgan fingerprint density at radius 1 is 1.56 bits per heavy atom. The number of aromatic nitrogens is 1. The molecule has 2 heterocycles. The number of thiophene rings is 1. The van der Waals surface area contributed by atoms with Crippen molar-refractivity contribution in [2.75, 3.05) is 12.8 Å². The Balaban J connectivity index is 2.16. The summed E-state index contributed by atoms with van der Waals surface area (Å²) >= 11 is 1.35. The molecule has 0 aliphatic heterocycles. The Kier molecular flexibility index (Phi) is 3.38. The molecule has 6 heteroatoms. The van der Waals surface area contributed by atoms with Crippen LogP contribution in [-0.2, 0) is 6.54 Å². The van der Waals surface area contributed by atoms with Gasteiger partial charge < -0.3 is 15.2 Å². The molecule has 0 saturated heterocycles. The summed E-state index contributed by atoms with van der Waals surface area (Å²) in [7, 11) is 1.74. The highest BCUT2D eigenvalue weighted by atomic mass is 32.1. The summed E-state index contributed by atoms with van der Waals surface area (Å²) in [5, 5.41) is 5.69. The van der Waals surface area contributed by atoms with Crippen molar-refractivity contribution < 1.29 is 9.32 Å². The Morgan fingerprint density at radius 2 is 2.28 bits per heavy atom. The van der Waals surface area contributed by atoms with Crippen LogP contribution >= 0.6 is 11.3 Å². The van der Waals surface area contributed by atoms with Crippen LogP contribution in [0.1, 0.15) is 26.7 Å². The molecule has 2 aromatic rings. The number of hydrogen-bond donors (Lipinski definition) is 1. The molecule has 1 amide bonds. The van der Waals surface area contributed by atoms with E-state index in [1.165, 1.54) is 11.3 Å². The van der Waals surface area contributed by atoms with Crippen molar-refractivity contribution in [2.24, 2.45) is 0 Å². The first-order chi connectivity index (χ1) is 8.50. The van der Waals surface area contributed by atoms with Crippen LogP contribution in [-0.4, -0.2) is 23.0 Å². The molecule has 0 fully saturated rings. The normalized spacial score (nSPS) is 10.6. The van der Waals surface area contributed by atoms with Gasteiger partial charge in [-0.3, -0.25) is 4.79 Å². The molecular formula is C12H15N3O2S. The van der Waals surface area contributed by atoms with Gasteiger partial charge in [-0.2, -0.15) is 0 Å². The van der Waals surface area contributed by atoms with Gasteiger partial charge in [0.1, 0.15) is 10.6 Å². The van der Waals surface area contributed by atoms with Crippen LogP contribution in [0.2, 0.25) is 0 Å². The van der Waals surface area contributed by atoms with Crippen LogP contribution < -0.4 is 5.73 Å².